The highest BCUT2D eigenvalue weighted by Gasteiger charge is 2.56. The van der Waals surface area contributed by atoms with Crippen LogP contribution in [0.25, 0.3) is 0 Å². The minimum absolute atomic E-state index is 0.361. The molecular formula is C19H19ClN2O4. The van der Waals surface area contributed by atoms with Gasteiger partial charge in [0.05, 0.1) is 25.6 Å². The molecule has 0 bridgehead atoms. The van der Waals surface area contributed by atoms with E-state index in [1.165, 1.54) is 14.2 Å². The van der Waals surface area contributed by atoms with Gasteiger partial charge in [0.15, 0.2) is 0 Å². The molecule has 0 atom stereocenters. The molecule has 6 nitrogen and oxygen atoms in total. The van der Waals surface area contributed by atoms with E-state index in [2.05, 4.69) is 10.6 Å². The predicted octanol–water partition coefficient (Wildman–Crippen LogP) is 3.71. The summed E-state index contributed by atoms with van der Waals surface area (Å²) in [6.45, 7) is 0. The maximum absolute atomic E-state index is 12.8. The highest BCUT2D eigenvalue weighted by molar-refractivity contribution is 6.31. The van der Waals surface area contributed by atoms with Gasteiger partial charge in [0.2, 0.25) is 11.8 Å². The Morgan fingerprint density at radius 2 is 1.50 bits per heavy atom. The molecule has 136 valence electrons. The summed E-state index contributed by atoms with van der Waals surface area (Å²) in [5, 5.41) is 6.01. The molecule has 2 aromatic rings. The molecule has 2 amide bonds. The topological polar surface area (TPSA) is 76.7 Å². The number of carbonyl (C=O) groups is 2. The van der Waals surface area contributed by atoms with Gasteiger partial charge in [-0.25, -0.2) is 0 Å². The first-order valence-corrected chi connectivity index (χ1v) is 8.47. The molecule has 0 aromatic heterocycles. The number of nitrogens with one attached hydrogen (secondary N) is 2. The van der Waals surface area contributed by atoms with Crippen LogP contribution in [0.2, 0.25) is 5.02 Å². The zero-order valence-electron chi connectivity index (χ0n) is 14.5. The van der Waals surface area contributed by atoms with Gasteiger partial charge >= 0.3 is 0 Å². The monoisotopic (exact) mass is 374 g/mol. The Labute approximate surface area is 156 Å². The van der Waals surface area contributed by atoms with E-state index in [1.807, 2.05) is 0 Å². The van der Waals surface area contributed by atoms with E-state index in [4.69, 9.17) is 21.1 Å². The Balaban J connectivity index is 1.77. The quantitative estimate of drug-likeness (QED) is 0.755. The molecule has 0 spiro atoms. The van der Waals surface area contributed by atoms with E-state index in [-0.39, 0.29) is 11.8 Å². The van der Waals surface area contributed by atoms with Crippen LogP contribution in [0.3, 0.4) is 0 Å². The lowest BCUT2D eigenvalue weighted by molar-refractivity contribution is -0.131. The largest absolute Gasteiger partial charge is 0.495 e. The number of hydrogen-bond acceptors (Lipinski definition) is 4. The van der Waals surface area contributed by atoms with Crippen molar-refractivity contribution in [2.45, 2.75) is 12.8 Å². The number of para-hydroxylation sites is 2. The van der Waals surface area contributed by atoms with Gasteiger partial charge < -0.3 is 20.1 Å². The Morgan fingerprint density at radius 1 is 0.923 bits per heavy atom. The molecule has 0 aliphatic heterocycles. The van der Waals surface area contributed by atoms with Crippen molar-refractivity contribution in [2.24, 2.45) is 5.41 Å². The van der Waals surface area contributed by atoms with E-state index in [9.17, 15) is 9.59 Å². The zero-order chi connectivity index (χ0) is 18.7. The molecule has 1 aliphatic rings. The molecule has 3 rings (SSSR count). The summed E-state index contributed by atoms with van der Waals surface area (Å²) in [4.78, 5) is 25.5. The first-order chi connectivity index (χ1) is 12.5. The molecule has 0 saturated heterocycles. The van der Waals surface area contributed by atoms with Crippen LogP contribution in [0, 0.1) is 5.41 Å². The van der Waals surface area contributed by atoms with Crippen LogP contribution in [0.4, 0.5) is 11.4 Å². The van der Waals surface area contributed by atoms with Gasteiger partial charge in [-0.1, -0.05) is 23.7 Å². The van der Waals surface area contributed by atoms with Crippen LogP contribution >= 0.6 is 11.6 Å². The number of benzene rings is 2. The number of anilines is 2. The van der Waals surface area contributed by atoms with Crippen molar-refractivity contribution in [3.8, 4) is 11.5 Å². The van der Waals surface area contributed by atoms with Crippen LogP contribution in [0.1, 0.15) is 12.8 Å². The summed E-state index contributed by atoms with van der Waals surface area (Å²) >= 11 is 5.99. The summed E-state index contributed by atoms with van der Waals surface area (Å²) in [7, 11) is 3.02. The van der Waals surface area contributed by atoms with Crippen molar-refractivity contribution in [3.05, 3.63) is 47.5 Å². The average molecular weight is 375 g/mol. The molecule has 2 N–H and O–H groups in total. The first-order valence-electron chi connectivity index (χ1n) is 8.09. The summed E-state index contributed by atoms with van der Waals surface area (Å²) in [6.07, 6.45) is 0.950. The molecular weight excluding hydrogens is 356 g/mol. The standard InChI is InChI=1S/C19H19ClN2O4/c1-25-15-6-4-3-5-13(15)21-17(23)19(9-10-19)18(24)22-14-11-12(20)7-8-16(14)26-2/h3-8,11H,9-10H2,1-2H3,(H,21,23)(H,22,24). The van der Waals surface area contributed by atoms with E-state index in [0.29, 0.717) is 40.7 Å². The number of hydrogen-bond donors (Lipinski definition) is 2. The third-order valence-corrected chi connectivity index (χ3v) is 4.62. The van der Waals surface area contributed by atoms with Gasteiger partial charge in [0, 0.05) is 5.02 Å². The third-order valence-electron chi connectivity index (χ3n) is 4.38. The Morgan fingerprint density at radius 3 is 2.12 bits per heavy atom. The van der Waals surface area contributed by atoms with Crippen LogP contribution < -0.4 is 20.1 Å². The molecule has 0 heterocycles. The van der Waals surface area contributed by atoms with E-state index in [1.54, 1.807) is 42.5 Å². The number of methoxy groups -OCH3 is 2. The minimum Gasteiger partial charge on any atom is -0.495 e. The molecule has 26 heavy (non-hydrogen) atoms. The van der Waals surface area contributed by atoms with E-state index >= 15 is 0 Å². The van der Waals surface area contributed by atoms with Crippen molar-refractivity contribution in [3.63, 3.8) is 0 Å². The fourth-order valence-electron chi connectivity index (χ4n) is 2.69. The van der Waals surface area contributed by atoms with Crippen molar-refractivity contribution >= 4 is 34.8 Å². The number of carbonyl (C=O) groups excluding carboxylic acids is 2. The normalized spacial score (nSPS) is 14.3. The lowest BCUT2D eigenvalue weighted by Gasteiger charge is -2.18. The van der Waals surface area contributed by atoms with Gasteiger partial charge in [-0.05, 0) is 43.2 Å². The number of ether oxygens (including phenoxy) is 2. The average Bonchev–Trinajstić information content (AvgIpc) is 3.44. The SMILES string of the molecule is COc1ccccc1NC(=O)C1(C(=O)Nc2cc(Cl)ccc2OC)CC1. The Hall–Kier alpha value is -2.73. The summed E-state index contributed by atoms with van der Waals surface area (Å²) in [5.41, 5.74) is -0.144. The Kier molecular flexibility index (Phi) is 5.04. The molecule has 7 heteroatoms. The highest BCUT2D eigenvalue weighted by atomic mass is 35.5. The van der Waals surface area contributed by atoms with Crippen LogP contribution in [0.5, 0.6) is 11.5 Å². The van der Waals surface area contributed by atoms with Gasteiger partial charge in [0.25, 0.3) is 0 Å². The fourth-order valence-corrected chi connectivity index (χ4v) is 2.86. The van der Waals surface area contributed by atoms with Crippen molar-refractivity contribution < 1.29 is 19.1 Å². The van der Waals surface area contributed by atoms with Crippen molar-refractivity contribution in [1.29, 1.82) is 0 Å². The Bertz CT molecular complexity index is 849. The van der Waals surface area contributed by atoms with Gasteiger partial charge in [0.1, 0.15) is 16.9 Å². The third kappa shape index (κ3) is 3.46. The minimum atomic E-state index is -1.10. The lowest BCUT2D eigenvalue weighted by Crippen LogP contribution is -2.35. The summed E-state index contributed by atoms with van der Waals surface area (Å²) in [5.74, 6) is 0.267. The molecule has 1 fully saturated rings. The maximum Gasteiger partial charge on any atom is 0.240 e. The van der Waals surface area contributed by atoms with Crippen molar-refractivity contribution in [2.75, 3.05) is 24.9 Å². The maximum atomic E-state index is 12.8. The number of rotatable bonds is 6. The second-order valence-electron chi connectivity index (χ2n) is 6.04. The number of halogens is 1. The van der Waals surface area contributed by atoms with Crippen LogP contribution in [0.15, 0.2) is 42.5 Å². The second kappa shape index (κ2) is 7.25. The fraction of sp³-hybridized carbons (Fsp3) is 0.263. The number of amides is 2. The summed E-state index contributed by atoms with van der Waals surface area (Å²) < 4.78 is 10.5. The van der Waals surface area contributed by atoms with Crippen molar-refractivity contribution in [1.82, 2.24) is 0 Å². The second-order valence-corrected chi connectivity index (χ2v) is 6.47. The molecule has 2 aromatic carbocycles. The first kappa shape index (κ1) is 18.1. The highest BCUT2D eigenvalue weighted by Crippen LogP contribution is 2.48. The van der Waals surface area contributed by atoms with E-state index < -0.39 is 5.41 Å². The lowest BCUT2D eigenvalue weighted by atomic mass is 10.0. The molecule has 1 saturated carbocycles. The zero-order valence-corrected chi connectivity index (χ0v) is 15.2. The van der Waals surface area contributed by atoms with Crippen LogP contribution in [-0.2, 0) is 9.59 Å². The molecule has 0 unspecified atom stereocenters. The summed E-state index contributed by atoms with van der Waals surface area (Å²) in [6, 6.07) is 12.0. The molecule has 1 aliphatic carbocycles. The van der Waals surface area contributed by atoms with Gasteiger partial charge in [-0.2, -0.15) is 0 Å². The van der Waals surface area contributed by atoms with Gasteiger partial charge in [-0.15, -0.1) is 0 Å². The van der Waals surface area contributed by atoms with Gasteiger partial charge in [-0.3, -0.25) is 9.59 Å². The predicted molar refractivity (Wildman–Crippen MR) is 99.9 cm³/mol. The van der Waals surface area contributed by atoms with E-state index in [0.717, 1.165) is 0 Å². The van der Waals surface area contributed by atoms with Crippen LogP contribution in [-0.4, -0.2) is 26.0 Å². The molecule has 0 radical (unpaired) electrons. The smallest absolute Gasteiger partial charge is 0.240 e.